The van der Waals surface area contributed by atoms with Crippen LogP contribution in [0.1, 0.15) is 54.9 Å². The Labute approximate surface area is 208 Å². The lowest BCUT2D eigenvalue weighted by Crippen LogP contribution is -2.46. The molecule has 0 aromatic heterocycles. The molecule has 0 radical (unpaired) electrons. The zero-order valence-corrected chi connectivity index (χ0v) is 24.5. The van der Waals surface area contributed by atoms with Crippen LogP contribution in [0.4, 0.5) is 0 Å². The van der Waals surface area contributed by atoms with Gasteiger partial charge in [0.2, 0.25) is 0 Å². The summed E-state index contributed by atoms with van der Waals surface area (Å²) in [6.45, 7) is 24.8. The molecule has 11 heteroatoms. The van der Waals surface area contributed by atoms with Crippen molar-refractivity contribution in [2.24, 2.45) is 0 Å². The molecule has 0 saturated heterocycles. The average molecular weight is 523 g/mol. The highest BCUT2D eigenvalue weighted by Crippen LogP contribution is 2.18. The molecule has 0 bridgehead atoms. The monoisotopic (exact) mass is 522 g/mol. The molecule has 0 spiro atoms. The summed E-state index contributed by atoms with van der Waals surface area (Å²) < 4.78 is 38.2. The minimum absolute atomic E-state index is 0.209. The van der Waals surface area contributed by atoms with E-state index in [0.29, 0.717) is 63.3 Å². The fourth-order valence-corrected chi connectivity index (χ4v) is 7.08. The van der Waals surface area contributed by atoms with Gasteiger partial charge in [0.05, 0.1) is 6.61 Å². The molecular formula is C23H46O9Si2. The van der Waals surface area contributed by atoms with Crippen molar-refractivity contribution in [3.8, 4) is 0 Å². The van der Waals surface area contributed by atoms with Crippen molar-refractivity contribution in [3.05, 3.63) is 24.3 Å². The maximum atomic E-state index is 11.2. The molecule has 0 aliphatic rings. The van der Waals surface area contributed by atoms with E-state index in [1.54, 1.807) is 13.8 Å². The van der Waals surface area contributed by atoms with Crippen LogP contribution in [0, 0.1) is 0 Å². The quantitative estimate of drug-likeness (QED) is 0.113. The molecule has 0 atom stereocenters. The van der Waals surface area contributed by atoms with Crippen LogP contribution in [0.3, 0.4) is 0 Å². The number of hydrogen-bond acceptors (Lipinski definition) is 9. The maximum absolute atomic E-state index is 11.2. The van der Waals surface area contributed by atoms with Crippen LogP contribution in [0.2, 0.25) is 12.6 Å². The molecule has 0 aliphatic carbocycles. The molecule has 9 nitrogen and oxygen atoms in total. The van der Waals surface area contributed by atoms with Gasteiger partial charge in [-0.05, 0) is 61.4 Å². The fraction of sp³-hybridized carbons (Fsp3) is 0.739. The van der Waals surface area contributed by atoms with Crippen molar-refractivity contribution in [3.63, 3.8) is 0 Å². The summed E-state index contributed by atoms with van der Waals surface area (Å²) in [5.74, 6) is -0.760. The van der Waals surface area contributed by atoms with Crippen molar-refractivity contribution in [1.82, 2.24) is 0 Å². The van der Waals surface area contributed by atoms with Gasteiger partial charge in [0.15, 0.2) is 0 Å². The van der Waals surface area contributed by atoms with Crippen molar-refractivity contribution in [2.45, 2.75) is 67.5 Å². The van der Waals surface area contributed by atoms with Gasteiger partial charge in [-0.25, -0.2) is 9.59 Å². The summed E-state index contributed by atoms with van der Waals surface area (Å²) in [6, 6.07) is 0.645. The number of hydrogen-bond donors (Lipinski definition) is 0. The third-order valence-corrected chi connectivity index (χ3v) is 9.63. The molecule has 0 saturated carbocycles. The summed E-state index contributed by atoms with van der Waals surface area (Å²) in [6.07, 6.45) is 0.867. The summed E-state index contributed by atoms with van der Waals surface area (Å²) in [5, 5.41) is 0. The van der Waals surface area contributed by atoms with Gasteiger partial charge in [-0.3, -0.25) is 0 Å². The second-order valence-corrected chi connectivity index (χ2v) is 13.2. The summed E-state index contributed by atoms with van der Waals surface area (Å²) in [7, 11) is -4.95. The van der Waals surface area contributed by atoms with Crippen molar-refractivity contribution >= 4 is 29.3 Å². The largest absolute Gasteiger partial charge is 0.501 e. The molecule has 0 fully saturated rings. The molecule has 0 aromatic rings. The molecular weight excluding hydrogens is 476 g/mol. The predicted molar refractivity (Wildman–Crippen MR) is 136 cm³/mol. The molecule has 0 rings (SSSR count). The first kappa shape index (κ1) is 34.8. The number of carbonyl (C=O) groups excluding carboxylic acids is 2. The Balaban J connectivity index is 0. The molecule has 0 aliphatic heterocycles. The topological polar surface area (TPSA) is 98.8 Å². The molecule has 0 unspecified atom stereocenters. The third kappa shape index (κ3) is 16.3. The Kier molecular flexibility index (Phi) is 20.4. The summed E-state index contributed by atoms with van der Waals surface area (Å²) >= 11 is 0. The van der Waals surface area contributed by atoms with Crippen LogP contribution in [0.25, 0.3) is 0 Å². The van der Waals surface area contributed by atoms with Crippen LogP contribution < -0.4 is 0 Å². The fourth-order valence-electron chi connectivity index (χ4n) is 2.63. The lowest BCUT2D eigenvalue weighted by atomic mass is 10.4. The highest BCUT2D eigenvalue weighted by molar-refractivity contribution is 6.66. The van der Waals surface area contributed by atoms with E-state index in [1.165, 1.54) is 0 Å². The predicted octanol–water partition coefficient (Wildman–Crippen LogP) is 4.33. The molecule has 34 heavy (non-hydrogen) atoms. The number of rotatable bonds is 18. The van der Waals surface area contributed by atoms with E-state index in [-0.39, 0.29) is 12.2 Å². The highest BCUT2D eigenvalue weighted by atomic mass is 28.4. The van der Waals surface area contributed by atoms with Crippen molar-refractivity contribution in [1.29, 1.82) is 0 Å². The van der Waals surface area contributed by atoms with E-state index in [1.807, 2.05) is 41.2 Å². The SMILES string of the molecule is C=C(C)C(=O)OCCC[Si](OCC)(OCC)OCC.C=C(C)C(=O)OC[Si](C)(OCC)OCC. The zero-order valence-electron chi connectivity index (χ0n) is 22.5. The van der Waals surface area contributed by atoms with E-state index in [2.05, 4.69) is 13.2 Å². The molecule has 0 amide bonds. The smallest absolute Gasteiger partial charge is 0.462 e. The van der Waals surface area contributed by atoms with Gasteiger partial charge in [0.1, 0.15) is 6.23 Å². The van der Waals surface area contributed by atoms with Crippen LogP contribution in [0.5, 0.6) is 0 Å². The first-order valence-corrected chi connectivity index (χ1v) is 16.3. The van der Waals surface area contributed by atoms with E-state index in [9.17, 15) is 9.59 Å². The zero-order chi connectivity index (χ0) is 26.6. The second kappa shape index (κ2) is 19.9. The van der Waals surface area contributed by atoms with Gasteiger partial charge >= 0.3 is 29.3 Å². The van der Waals surface area contributed by atoms with Gasteiger partial charge < -0.3 is 31.6 Å². The van der Waals surface area contributed by atoms with Crippen LogP contribution in [-0.4, -0.2) is 75.2 Å². The van der Waals surface area contributed by atoms with Gasteiger partial charge in [-0.2, -0.15) is 0 Å². The van der Waals surface area contributed by atoms with Crippen LogP contribution >= 0.6 is 0 Å². The van der Waals surface area contributed by atoms with Gasteiger partial charge in [-0.15, -0.1) is 0 Å². The normalized spacial score (nSPS) is 11.3. The number of carbonyl (C=O) groups is 2. The minimum Gasteiger partial charge on any atom is -0.462 e. The molecule has 0 heterocycles. The average Bonchev–Trinajstić information content (AvgIpc) is 2.76. The Morgan fingerprint density at radius 3 is 1.41 bits per heavy atom. The standard InChI is InChI=1S/C13H26O5Si.C10H20O4Si/c1-6-16-19(17-7-2,18-8-3)11-9-10-15-13(14)12(4)5;1-6-13-15(5,14-7-2)8-12-10(11)9(3)4/h4,6-11H2,1-3,5H3;3,6-8H2,1-2,4-5H3. The highest BCUT2D eigenvalue weighted by Gasteiger charge is 2.39. The van der Waals surface area contributed by atoms with Crippen molar-refractivity contribution in [2.75, 3.05) is 45.9 Å². The second-order valence-electron chi connectivity index (χ2n) is 7.36. The van der Waals surface area contributed by atoms with Crippen LogP contribution in [0.15, 0.2) is 24.3 Å². The van der Waals surface area contributed by atoms with Gasteiger partial charge in [0, 0.05) is 50.2 Å². The minimum atomic E-state index is -2.61. The first-order chi connectivity index (χ1) is 16.0. The van der Waals surface area contributed by atoms with Crippen LogP contribution in [-0.2, 0) is 41.2 Å². The molecule has 200 valence electrons. The Hall–Kier alpha value is -1.35. The molecule has 0 N–H and O–H groups in total. The van der Waals surface area contributed by atoms with Gasteiger partial charge in [-0.1, -0.05) is 13.2 Å². The van der Waals surface area contributed by atoms with E-state index in [0.717, 1.165) is 0 Å². The Morgan fingerprint density at radius 2 is 1.06 bits per heavy atom. The third-order valence-electron chi connectivity index (χ3n) is 4.01. The lowest BCUT2D eigenvalue weighted by Gasteiger charge is -2.28. The van der Waals surface area contributed by atoms with Crippen molar-refractivity contribution < 1.29 is 41.2 Å². The Morgan fingerprint density at radius 1 is 0.676 bits per heavy atom. The summed E-state index contributed by atoms with van der Waals surface area (Å²) in [5.41, 5.74) is 0.794. The maximum Gasteiger partial charge on any atom is 0.501 e. The number of esters is 2. The van der Waals surface area contributed by atoms with Gasteiger partial charge in [0.25, 0.3) is 0 Å². The van der Waals surface area contributed by atoms with E-state index < -0.39 is 23.3 Å². The Bertz CT molecular complexity index is 588. The molecule has 0 aromatic carbocycles. The van der Waals surface area contributed by atoms with E-state index >= 15 is 0 Å². The lowest BCUT2D eigenvalue weighted by molar-refractivity contribution is -0.139. The van der Waals surface area contributed by atoms with E-state index in [4.69, 9.17) is 31.6 Å². The first-order valence-electron chi connectivity index (χ1n) is 11.8. The summed E-state index contributed by atoms with van der Waals surface area (Å²) in [4.78, 5) is 22.4. The number of ether oxygens (including phenoxy) is 2.